The average Bonchev–Trinajstić information content (AvgIpc) is 2.52. The lowest BCUT2D eigenvalue weighted by atomic mass is 10.4. The van der Waals surface area contributed by atoms with E-state index < -0.39 is 0 Å². The Hall–Kier alpha value is -1.36. The van der Waals surface area contributed by atoms with Gasteiger partial charge in [0, 0.05) is 6.20 Å². The predicted octanol–water partition coefficient (Wildman–Crippen LogP) is 1.61. The van der Waals surface area contributed by atoms with Gasteiger partial charge in [-0.3, -0.25) is 0 Å². The van der Waals surface area contributed by atoms with Crippen LogP contribution in [0.15, 0.2) is 35.1 Å². The maximum absolute atomic E-state index is 5.54. The molecule has 0 aliphatic carbocycles. The van der Waals surface area contributed by atoms with Crippen LogP contribution < -0.4 is 5.73 Å². The Morgan fingerprint density at radius 1 is 1.38 bits per heavy atom. The topological polar surface area (TPSA) is 56.7 Å². The number of nitrogens with zero attached hydrogens (tertiary/aromatic N) is 3. The van der Waals surface area contributed by atoms with Crippen molar-refractivity contribution >= 4 is 21.7 Å². The summed E-state index contributed by atoms with van der Waals surface area (Å²) in [6.07, 6.45) is 3.52. The van der Waals surface area contributed by atoms with Crippen LogP contribution in [0.5, 0.6) is 0 Å². The highest BCUT2D eigenvalue weighted by Crippen LogP contribution is 2.11. The number of rotatable bonds is 1. The van der Waals surface area contributed by atoms with Gasteiger partial charge in [-0.2, -0.15) is 5.10 Å². The molecule has 4 nitrogen and oxygen atoms in total. The van der Waals surface area contributed by atoms with E-state index >= 15 is 0 Å². The van der Waals surface area contributed by atoms with Gasteiger partial charge in [-0.15, -0.1) is 0 Å². The molecule has 0 saturated heterocycles. The third-order valence-corrected chi connectivity index (χ3v) is 1.95. The molecule has 0 aliphatic heterocycles. The lowest BCUT2D eigenvalue weighted by Crippen LogP contribution is -1.99. The Bertz CT molecular complexity index is 424. The molecular weight excluding hydrogens is 232 g/mol. The highest BCUT2D eigenvalue weighted by atomic mass is 79.9. The van der Waals surface area contributed by atoms with Crippen molar-refractivity contribution in [1.82, 2.24) is 14.8 Å². The van der Waals surface area contributed by atoms with E-state index in [1.165, 1.54) is 0 Å². The first-order chi connectivity index (χ1) is 6.25. The molecule has 0 fully saturated rings. The molecule has 0 amide bonds. The molecule has 0 aliphatic rings. The predicted molar refractivity (Wildman–Crippen MR) is 53.5 cm³/mol. The fourth-order valence-electron chi connectivity index (χ4n) is 0.993. The summed E-state index contributed by atoms with van der Waals surface area (Å²) in [6.45, 7) is 0. The van der Waals surface area contributed by atoms with Gasteiger partial charge in [0.05, 0.1) is 10.7 Å². The fourth-order valence-corrected chi connectivity index (χ4v) is 1.28. The molecule has 2 N–H and O–H groups in total. The SMILES string of the molecule is Nc1cccc(-n2cc(Br)cn2)n1. The Morgan fingerprint density at radius 2 is 2.23 bits per heavy atom. The number of hydrogen-bond donors (Lipinski definition) is 1. The highest BCUT2D eigenvalue weighted by Gasteiger charge is 1.99. The van der Waals surface area contributed by atoms with Crippen LogP contribution in [0.1, 0.15) is 0 Å². The van der Waals surface area contributed by atoms with Crippen molar-refractivity contribution in [3.05, 3.63) is 35.1 Å². The first kappa shape index (κ1) is 8.25. The van der Waals surface area contributed by atoms with Gasteiger partial charge in [0.2, 0.25) is 0 Å². The fraction of sp³-hybridized carbons (Fsp3) is 0. The van der Waals surface area contributed by atoms with Crippen LogP contribution in [-0.2, 0) is 0 Å². The maximum Gasteiger partial charge on any atom is 0.155 e. The van der Waals surface area contributed by atoms with Crippen LogP contribution >= 0.6 is 15.9 Å². The first-order valence-electron chi connectivity index (χ1n) is 3.69. The summed E-state index contributed by atoms with van der Waals surface area (Å²) in [4.78, 5) is 4.11. The smallest absolute Gasteiger partial charge is 0.155 e. The van der Waals surface area contributed by atoms with Crippen molar-refractivity contribution in [1.29, 1.82) is 0 Å². The van der Waals surface area contributed by atoms with Gasteiger partial charge in [-0.25, -0.2) is 9.67 Å². The number of nitrogens with two attached hydrogens (primary N) is 1. The molecule has 2 heterocycles. The normalized spacial score (nSPS) is 10.2. The number of hydrogen-bond acceptors (Lipinski definition) is 3. The molecule has 0 atom stereocenters. The minimum Gasteiger partial charge on any atom is -0.384 e. The molecule has 0 unspecified atom stereocenters. The summed E-state index contributed by atoms with van der Waals surface area (Å²) >= 11 is 3.31. The van der Waals surface area contributed by atoms with E-state index in [-0.39, 0.29) is 0 Å². The Balaban J connectivity index is 2.46. The lowest BCUT2D eigenvalue weighted by molar-refractivity contribution is 0.849. The third-order valence-electron chi connectivity index (χ3n) is 1.54. The number of anilines is 1. The molecule has 66 valence electrons. The van der Waals surface area contributed by atoms with E-state index in [2.05, 4.69) is 26.0 Å². The molecular formula is C8H7BrN4. The van der Waals surface area contributed by atoms with E-state index in [9.17, 15) is 0 Å². The van der Waals surface area contributed by atoms with E-state index in [1.54, 1.807) is 16.9 Å². The van der Waals surface area contributed by atoms with Gasteiger partial charge < -0.3 is 5.73 Å². The third kappa shape index (κ3) is 1.70. The van der Waals surface area contributed by atoms with E-state index in [4.69, 9.17) is 5.73 Å². The minimum atomic E-state index is 0.490. The second-order valence-electron chi connectivity index (χ2n) is 2.52. The molecule has 0 bridgehead atoms. The molecule has 0 aromatic carbocycles. The Morgan fingerprint density at radius 3 is 2.85 bits per heavy atom. The Kier molecular flexibility index (Phi) is 2.02. The van der Waals surface area contributed by atoms with Gasteiger partial charge in [0.25, 0.3) is 0 Å². The van der Waals surface area contributed by atoms with E-state index in [0.29, 0.717) is 11.6 Å². The summed E-state index contributed by atoms with van der Waals surface area (Å²) in [5.74, 6) is 1.20. The lowest BCUT2D eigenvalue weighted by Gasteiger charge is -1.99. The van der Waals surface area contributed by atoms with Crippen molar-refractivity contribution in [3.63, 3.8) is 0 Å². The summed E-state index contributed by atoms with van der Waals surface area (Å²) < 4.78 is 2.57. The molecule has 0 spiro atoms. The van der Waals surface area contributed by atoms with Crippen LogP contribution in [0.2, 0.25) is 0 Å². The minimum absolute atomic E-state index is 0.490. The molecule has 2 aromatic rings. The summed E-state index contributed by atoms with van der Waals surface area (Å²) in [7, 11) is 0. The zero-order chi connectivity index (χ0) is 9.26. The summed E-state index contributed by atoms with van der Waals surface area (Å²) in [5, 5.41) is 4.08. The zero-order valence-electron chi connectivity index (χ0n) is 6.68. The molecule has 2 aromatic heterocycles. The quantitative estimate of drug-likeness (QED) is 0.822. The maximum atomic E-state index is 5.54. The largest absolute Gasteiger partial charge is 0.384 e. The standard InChI is InChI=1S/C8H7BrN4/c9-6-4-11-13(5-6)8-3-1-2-7(10)12-8/h1-5H,(H2,10,12). The second kappa shape index (κ2) is 3.18. The van der Waals surface area contributed by atoms with E-state index in [1.807, 2.05) is 18.3 Å². The van der Waals surface area contributed by atoms with Gasteiger partial charge in [-0.05, 0) is 28.1 Å². The number of pyridine rings is 1. The van der Waals surface area contributed by atoms with Crippen LogP contribution in [0.25, 0.3) is 5.82 Å². The molecule has 5 heteroatoms. The number of halogens is 1. The van der Waals surface area contributed by atoms with Crippen molar-refractivity contribution < 1.29 is 0 Å². The van der Waals surface area contributed by atoms with Crippen LogP contribution in [0.3, 0.4) is 0 Å². The average molecular weight is 239 g/mol. The zero-order valence-corrected chi connectivity index (χ0v) is 8.27. The van der Waals surface area contributed by atoms with Gasteiger partial charge in [0.1, 0.15) is 5.82 Å². The second-order valence-corrected chi connectivity index (χ2v) is 3.44. The molecule has 0 saturated carbocycles. The number of nitrogen functional groups attached to an aromatic ring is 1. The molecule has 2 rings (SSSR count). The molecule has 0 radical (unpaired) electrons. The van der Waals surface area contributed by atoms with Gasteiger partial charge in [-0.1, -0.05) is 6.07 Å². The monoisotopic (exact) mass is 238 g/mol. The van der Waals surface area contributed by atoms with Crippen LogP contribution in [0, 0.1) is 0 Å². The van der Waals surface area contributed by atoms with Crippen molar-refractivity contribution in [2.24, 2.45) is 0 Å². The van der Waals surface area contributed by atoms with E-state index in [0.717, 1.165) is 4.47 Å². The van der Waals surface area contributed by atoms with Crippen molar-refractivity contribution in [2.75, 3.05) is 5.73 Å². The summed E-state index contributed by atoms with van der Waals surface area (Å²) in [6, 6.07) is 5.42. The van der Waals surface area contributed by atoms with Gasteiger partial charge in [0.15, 0.2) is 5.82 Å². The van der Waals surface area contributed by atoms with Gasteiger partial charge >= 0.3 is 0 Å². The summed E-state index contributed by atoms with van der Waals surface area (Å²) in [5.41, 5.74) is 5.54. The Labute approximate surface area is 83.5 Å². The van der Waals surface area contributed by atoms with Crippen LogP contribution in [0.4, 0.5) is 5.82 Å². The number of aromatic nitrogens is 3. The highest BCUT2D eigenvalue weighted by molar-refractivity contribution is 9.10. The van der Waals surface area contributed by atoms with Crippen molar-refractivity contribution in [2.45, 2.75) is 0 Å². The molecule has 13 heavy (non-hydrogen) atoms. The first-order valence-corrected chi connectivity index (χ1v) is 4.48. The van der Waals surface area contributed by atoms with Crippen molar-refractivity contribution in [3.8, 4) is 5.82 Å². The van der Waals surface area contributed by atoms with Crippen LogP contribution in [-0.4, -0.2) is 14.8 Å².